The minimum Gasteiger partial charge on any atom is -0.455 e. The van der Waals surface area contributed by atoms with Crippen molar-refractivity contribution in [3.63, 3.8) is 0 Å². The van der Waals surface area contributed by atoms with Gasteiger partial charge in [0.15, 0.2) is 0 Å². The molecule has 0 aliphatic heterocycles. The molecule has 0 N–H and O–H groups in total. The standard InChI is InChI=1S/C58H40N2O/c1-5-20-41(21-6-1)49-29-15-17-34-55(49)59(45-25-9-3-10-26-45)47-38-44(52-32-19-33-53-54-37-36-43-24-13-14-31-51(43)57(54)61-58(52)53)39-48(40-47)60(46-27-11-4-12-28-46)56-35-18-16-30-50(56)42-22-7-2-8-23-42/h1-40H. The molecule has 1 aromatic heterocycles. The molecule has 288 valence electrons. The molecule has 0 amide bonds. The molecular formula is C58H40N2O. The van der Waals surface area contributed by atoms with Gasteiger partial charge in [-0.2, -0.15) is 0 Å². The fraction of sp³-hybridized carbons (Fsp3) is 0. The van der Waals surface area contributed by atoms with Crippen molar-refractivity contribution in [3.05, 3.63) is 243 Å². The summed E-state index contributed by atoms with van der Waals surface area (Å²) in [5.74, 6) is 0. The molecule has 0 spiro atoms. The van der Waals surface area contributed by atoms with Crippen molar-refractivity contribution in [2.45, 2.75) is 0 Å². The molecular weight excluding hydrogens is 741 g/mol. The molecule has 0 saturated heterocycles. The molecule has 0 radical (unpaired) electrons. The molecule has 0 fully saturated rings. The number of rotatable bonds is 9. The van der Waals surface area contributed by atoms with Gasteiger partial charge < -0.3 is 14.2 Å². The van der Waals surface area contributed by atoms with Gasteiger partial charge in [-0.25, -0.2) is 0 Å². The zero-order valence-electron chi connectivity index (χ0n) is 33.4. The van der Waals surface area contributed by atoms with E-state index in [1.807, 2.05) is 0 Å². The normalized spacial score (nSPS) is 11.3. The third-order valence-corrected chi connectivity index (χ3v) is 11.6. The fourth-order valence-corrected chi connectivity index (χ4v) is 8.83. The molecule has 3 heteroatoms. The minimum atomic E-state index is 0.865. The molecule has 11 rings (SSSR count). The van der Waals surface area contributed by atoms with Gasteiger partial charge in [-0.1, -0.05) is 182 Å². The van der Waals surface area contributed by atoms with Gasteiger partial charge in [-0.3, -0.25) is 0 Å². The summed E-state index contributed by atoms with van der Waals surface area (Å²) in [4.78, 5) is 4.79. The van der Waals surface area contributed by atoms with Crippen LogP contribution >= 0.6 is 0 Å². The summed E-state index contributed by atoms with van der Waals surface area (Å²) in [5, 5.41) is 4.47. The topological polar surface area (TPSA) is 19.6 Å². The lowest BCUT2D eigenvalue weighted by Crippen LogP contribution is -2.14. The Morgan fingerprint density at radius 2 is 0.705 bits per heavy atom. The first-order valence-electron chi connectivity index (χ1n) is 20.8. The first kappa shape index (κ1) is 36.0. The number of para-hydroxylation sites is 5. The summed E-state index contributed by atoms with van der Waals surface area (Å²) >= 11 is 0. The van der Waals surface area contributed by atoms with E-state index in [9.17, 15) is 0 Å². The molecule has 0 saturated carbocycles. The Morgan fingerprint density at radius 1 is 0.262 bits per heavy atom. The summed E-state index contributed by atoms with van der Waals surface area (Å²) in [6, 6.07) is 86.5. The van der Waals surface area contributed by atoms with Crippen molar-refractivity contribution in [1.82, 2.24) is 0 Å². The van der Waals surface area contributed by atoms with Gasteiger partial charge in [0, 0.05) is 55.6 Å². The smallest absolute Gasteiger partial charge is 0.143 e. The third kappa shape index (κ3) is 6.59. The first-order valence-corrected chi connectivity index (χ1v) is 20.8. The molecule has 0 aliphatic rings. The number of benzene rings is 10. The summed E-state index contributed by atoms with van der Waals surface area (Å²) in [5.41, 5.74) is 14.7. The van der Waals surface area contributed by atoms with Gasteiger partial charge in [0.1, 0.15) is 11.2 Å². The predicted octanol–water partition coefficient (Wildman–Crippen LogP) is 16.7. The summed E-state index contributed by atoms with van der Waals surface area (Å²) < 4.78 is 7.02. The van der Waals surface area contributed by atoms with E-state index in [4.69, 9.17) is 4.42 Å². The van der Waals surface area contributed by atoms with Crippen molar-refractivity contribution in [2.75, 3.05) is 9.80 Å². The Hall–Kier alpha value is -8.14. The van der Waals surface area contributed by atoms with Crippen LogP contribution in [0.25, 0.3) is 66.1 Å². The number of fused-ring (bicyclic) bond motifs is 5. The van der Waals surface area contributed by atoms with E-state index >= 15 is 0 Å². The number of hydrogen-bond acceptors (Lipinski definition) is 3. The molecule has 61 heavy (non-hydrogen) atoms. The summed E-state index contributed by atoms with van der Waals surface area (Å²) in [6.45, 7) is 0. The quantitative estimate of drug-likeness (QED) is 0.145. The molecule has 3 nitrogen and oxygen atoms in total. The maximum atomic E-state index is 7.02. The van der Waals surface area contributed by atoms with E-state index < -0.39 is 0 Å². The van der Waals surface area contributed by atoms with E-state index in [0.29, 0.717) is 0 Å². The van der Waals surface area contributed by atoms with Gasteiger partial charge in [0.25, 0.3) is 0 Å². The first-order chi connectivity index (χ1) is 30.3. The van der Waals surface area contributed by atoms with E-state index in [2.05, 4.69) is 252 Å². The molecule has 10 aromatic carbocycles. The predicted molar refractivity (Wildman–Crippen MR) is 257 cm³/mol. The highest BCUT2D eigenvalue weighted by molar-refractivity contribution is 6.17. The van der Waals surface area contributed by atoms with Crippen LogP contribution in [-0.4, -0.2) is 0 Å². The Kier molecular flexibility index (Phi) is 9.18. The van der Waals surface area contributed by atoms with Crippen molar-refractivity contribution < 1.29 is 4.42 Å². The zero-order valence-corrected chi connectivity index (χ0v) is 33.4. The van der Waals surface area contributed by atoms with Gasteiger partial charge in [-0.05, 0) is 82.7 Å². The summed E-state index contributed by atoms with van der Waals surface area (Å²) in [6.07, 6.45) is 0. The van der Waals surface area contributed by atoms with Gasteiger partial charge in [0.05, 0.1) is 11.4 Å². The highest BCUT2D eigenvalue weighted by Crippen LogP contribution is 2.48. The number of nitrogens with zero attached hydrogens (tertiary/aromatic N) is 2. The van der Waals surface area contributed by atoms with Crippen LogP contribution in [0.1, 0.15) is 0 Å². The Labute approximate surface area is 355 Å². The molecule has 11 aromatic rings. The lowest BCUT2D eigenvalue weighted by atomic mass is 9.97. The highest BCUT2D eigenvalue weighted by Gasteiger charge is 2.24. The van der Waals surface area contributed by atoms with Crippen LogP contribution in [0, 0.1) is 0 Å². The molecule has 0 bridgehead atoms. The van der Waals surface area contributed by atoms with Crippen LogP contribution in [0.3, 0.4) is 0 Å². The van der Waals surface area contributed by atoms with Gasteiger partial charge in [-0.15, -0.1) is 0 Å². The molecule has 1 heterocycles. The van der Waals surface area contributed by atoms with Crippen LogP contribution in [0.5, 0.6) is 0 Å². The molecule has 0 aliphatic carbocycles. The van der Waals surface area contributed by atoms with Crippen LogP contribution in [0.4, 0.5) is 34.1 Å². The number of hydrogen-bond donors (Lipinski definition) is 0. The average Bonchev–Trinajstić information content (AvgIpc) is 3.73. The average molecular weight is 781 g/mol. The third-order valence-electron chi connectivity index (χ3n) is 11.6. The van der Waals surface area contributed by atoms with Crippen molar-refractivity contribution in [3.8, 4) is 33.4 Å². The largest absolute Gasteiger partial charge is 0.455 e. The Bertz CT molecular complexity index is 3160. The van der Waals surface area contributed by atoms with Crippen LogP contribution in [0.2, 0.25) is 0 Å². The van der Waals surface area contributed by atoms with Gasteiger partial charge in [0.2, 0.25) is 0 Å². The van der Waals surface area contributed by atoms with E-state index in [1.165, 1.54) is 0 Å². The van der Waals surface area contributed by atoms with Crippen LogP contribution in [-0.2, 0) is 0 Å². The minimum absolute atomic E-state index is 0.865. The van der Waals surface area contributed by atoms with Crippen LogP contribution < -0.4 is 9.80 Å². The van der Waals surface area contributed by atoms with Crippen molar-refractivity contribution >= 4 is 66.8 Å². The monoisotopic (exact) mass is 780 g/mol. The highest BCUT2D eigenvalue weighted by atomic mass is 16.3. The second kappa shape index (κ2) is 15.6. The lowest BCUT2D eigenvalue weighted by Gasteiger charge is -2.32. The molecule has 0 atom stereocenters. The fourth-order valence-electron chi connectivity index (χ4n) is 8.83. The van der Waals surface area contributed by atoms with Crippen LogP contribution in [0.15, 0.2) is 247 Å². The number of anilines is 6. The second-order valence-electron chi connectivity index (χ2n) is 15.3. The van der Waals surface area contributed by atoms with E-state index in [1.54, 1.807) is 0 Å². The Balaban J connectivity index is 1.23. The number of furan rings is 1. The van der Waals surface area contributed by atoms with Crippen molar-refractivity contribution in [2.24, 2.45) is 0 Å². The maximum Gasteiger partial charge on any atom is 0.143 e. The van der Waals surface area contributed by atoms with Gasteiger partial charge >= 0.3 is 0 Å². The molecule has 0 unspecified atom stereocenters. The summed E-state index contributed by atoms with van der Waals surface area (Å²) in [7, 11) is 0. The lowest BCUT2D eigenvalue weighted by molar-refractivity contribution is 0.674. The van der Waals surface area contributed by atoms with E-state index in [-0.39, 0.29) is 0 Å². The SMILES string of the molecule is c1ccc(-c2ccccc2N(c2ccccc2)c2cc(-c3cccc4c3oc3c5ccccc5ccc43)cc(N(c3ccccc3)c3ccccc3-c3ccccc3)c2)cc1. The second-order valence-corrected chi connectivity index (χ2v) is 15.3. The Morgan fingerprint density at radius 3 is 1.28 bits per heavy atom. The maximum absolute atomic E-state index is 7.02. The van der Waals surface area contributed by atoms with E-state index in [0.717, 1.165) is 100 Å². The van der Waals surface area contributed by atoms with Crippen molar-refractivity contribution in [1.29, 1.82) is 0 Å². The zero-order chi connectivity index (χ0) is 40.5.